The number of aromatic nitrogens is 1. The van der Waals surface area contributed by atoms with Crippen LogP contribution in [0.3, 0.4) is 0 Å². The molecule has 1 aromatic heterocycles. The Labute approximate surface area is 119 Å². The molecule has 1 atom stereocenters. The predicted octanol–water partition coefficient (Wildman–Crippen LogP) is 1.41. The van der Waals surface area contributed by atoms with E-state index in [1.807, 2.05) is 0 Å². The SMILES string of the molecule is O=C(O)c1ccc(=O)n([C@@H](Cc2ccccc2)C(=O)O)c1. The summed E-state index contributed by atoms with van der Waals surface area (Å²) in [5.74, 6) is -2.41. The van der Waals surface area contributed by atoms with Crippen molar-refractivity contribution >= 4 is 11.9 Å². The molecule has 0 amide bonds. The van der Waals surface area contributed by atoms with Gasteiger partial charge < -0.3 is 14.8 Å². The number of nitrogens with zero attached hydrogens (tertiary/aromatic N) is 1. The molecule has 0 bridgehead atoms. The van der Waals surface area contributed by atoms with Gasteiger partial charge >= 0.3 is 11.9 Å². The average molecular weight is 287 g/mol. The second kappa shape index (κ2) is 6.04. The van der Waals surface area contributed by atoms with Gasteiger partial charge in [-0.1, -0.05) is 30.3 Å². The molecule has 0 unspecified atom stereocenters. The second-order valence-corrected chi connectivity index (χ2v) is 4.51. The van der Waals surface area contributed by atoms with E-state index in [1.54, 1.807) is 30.3 Å². The number of aromatic carboxylic acids is 1. The second-order valence-electron chi connectivity index (χ2n) is 4.51. The number of carboxylic acid groups (broad SMARTS) is 2. The zero-order valence-corrected chi connectivity index (χ0v) is 11.0. The first-order valence-corrected chi connectivity index (χ1v) is 6.21. The van der Waals surface area contributed by atoms with Crippen LogP contribution in [0.25, 0.3) is 0 Å². The van der Waals surface area contributed by atoms with E-state index in [0.717, 1.165) is 28.5 Å². The van der Waals surface area contributed by atoms with E-state index in [-0.39, 0.29) is 12.0 Å². The molecule has 0 aliphatic carbocycles. The lowest BCUT2D eigenvalue weighted by molar-refractivity contribution is -0.141. The highest BCUT2D eigenvalue weighted by Crippen LogP contribution is 2.14. The van der Waals surface area contributed by atoms with E-state index in [0.29, 0.717) is 0 Å². The summed E-state index contributed by atoms with van der Waals surface area (Å²) in [6.45, 7) is 0. The third kappa shape index (κ3) is 3.36. The number of hydrogen-bond donors (Lipinski definition) is 2. The summed E-state index contributed by atoms with van der Waals surface area (Å²) in [7, 11) is 0. The van der Waals surface area contributed by atoms with Crippen molar-refractivity contribution in [3.05, 3.63) is 70.1 Å². The third-order valence-corrected chi connectivity index (χ3v) is 3.08. The molecule has 0 spiro atoms. The van der Waals surface area contributed by atoms with Crippen LogP contribution in [0.5, 0.6) is 0 Å². The number of rotatable bonds is 5. The Morgan fingerprint density at radius 3 is 2.29 bits per heavy atom. The summed E-state index contributed by atoms with van der Waals surface area (Å²) < 4.78 is 0.943. The molecule has 0 radical (unpaired) electrons. The van der Waals surface area contributed by atoms with Crippen molar-refractivity contribution in [1.29, 1.82) is 0 Å². The van der Waals surface area contributed by atoms with Crippen molar-refractivity contribution in [3.63, 3.8) is 0 Å². The fraction of sp³-hybridized carbons (Fsp3) is 0.133. The lowest BCUT2D eigenvalue weighted by Gasteiger charge is -2.16. The van der Waals surface area contributed by atoms with Gasteiger partial charge in [0.05, 0.1) is 5.56 Å². The van der Waals surface area contributed by atoms with Crippen molar-refractivity contribution in [3.8, 4) is 0 Å². The van der Waals surface area contributed by atoms with Gasteiger partial charge in [-0.2, -0.15) is 0 Å². The van der Waals surface area contributed by atoms with Gasteiger partial charge in [0.15, 0.2) is 0 Å². The minimum absolute atomic E-state index is 0.0964. The van der Waals surface area contributed by atoms with Crippen molar-refractivity contribution in [2.75, 3.05) is 0 Å². The lowest BCUT2D eigenvalue weighted by Crippen LogP contribution is -2.31. The van der Waals surface area contributed by atoms with Crippen LogP contribution in [0.2, 0.25) is 0 Å². The molecule has 1 aromatic carbocycles. The Balaban J connectivity index is 2.43. The molecule has 6 heteroatoms. The zero-order valence-electron chi connectivity index (χ0n) is 11.0. The number of carbonyl (C=O) groups is 2. The molecule has 0 aliphatic rings. The molecule has 6 nitrogen and oxygen atoms in total. The Bertz CT molecular complexity index is 720. The smallest absolute Gasteiger partial charge is 0.337 e. The Hall–Kier alpha value is -2.89. The highest BCUT2D eigenvalue weighted by Gasteiger charge is 2.22. The Kier molecular flexibility index (Phi) is 4.18. The van der Waals surface area contributed by atoms with E-state index < -0.39 is 23.5 Å². The van der Waals surface area contributed by atoms with Gasteiger partial charge in [-0.05, 0) is 11.6 Å². The highest BCUT2D eigenvalue weighted by molar-refractivity contribution is 5.87. The standard InChI is InChI=1S/C15H13NO5/c17-13-7-6-11(14(18)19)9-16(13)12(15(20)21)8-10-4-2-1-3-5-10/h1-7,9,12H,8H2,(H,18,19)(H,20,21)/t12-/m0/s1. The van der Waals surface area contributed by atoms with Gasteiger partial charge in [-0.3, -0.25) is 4.79 Å². The molecule has 0 fully saturated rings. The van der Waals surface area contributed by atoms with E-state index in [1.165, 1.54) is 0 Å². The first-order valence-electron chi connectivity index (χ1n) is 6.21. The van der Waals surface area contributed by atoms with Crippen LogP contribution in [0, 0.1) is 0 Å². The number of benzene rings is 1. The topological polar surface area (TPSA) is 96.6 Å². The van der Waals surface area contributed by atoms with Gasteiger partial charge in [0.25, 0.3) is 5.56 Å². The lowest BCUT2D eigenvalue weighted by atomic mass is 10.1. The average Bonchev–Trinajstić information content (AvgIpc) is 2.46. The Morgan fingerprint density at radius 1 is 1.05 bits per heavy atom. The van der Waals surface area contributed by atoms with Gasteiger partial charge in [0, 0.05) is 18.7 Å². The maximum atomic E-state index is 11.8. The maximum Gasteiger partial charge on any atom is 0.337 e. The monoisotopic (exact) mass is 287 g/mol. The molecule has 1 heterocycles. The summed E-state index contributed by atoms with van der Waals surface area (Å²) in [5.41, 5.74) is 0.0646. The molecule has 2 rings (SSSR count). The molecule has 0 aliphatic heterocycles. The largest absolute Gasteiger partial charge is 0.480 e. The fourth-order valence-corrected chi connectivity index (χ4v) is 2.02. The molecule has 0 saturated heterocycles. The molecule has 21 heavy (non-hydrogen) atoms. The van der Waals surface area contributed by atoms with Crippen LogP contribution in [0.15, 0.2) is 53.5 Å². The fourth-order valence-electron chi connectivity index (χ4n) is 2.02. The van der Waals surface area contributed by atoms with Crippen LogP contribution in [-0.2, 0) is 11.2 Å². The van der Waals surface area contributed by atoms with Crippen molar-refractivity contribution in [2.24, 2.45) is 0 Å². The van der Waals surface area contributed by atoms with Crippen LogP contribution < -0.4 is 5.56 Å². The minimum Gasteiger partial charge on any atom is -0.480 e. The van der Waals surface area contributed by atoms with E-state index in [4.69, 9.17) is 5.11 Å². The van der Waals surface area contributed by atoms with Gasteiger partial charge in [-0.25, -0.2) is 9.59 Å². The Morgan fingerprint density at radius 2 is 1.71 bits per heavy atom. The predicted molar refractivity (Wildman–Crippen MR) is 74.5 cm³/mol. The summed E-state index contributed by atoms with van der Waals surface area (Å²) >= 11 is 0. The van der Waals surface area contributed by atoms with Crippen LogP contribution >= 0.6 is 0 Å². The van der Waals surface area contributed by atoms with Gasteiger partial charge in [-0.15, -0.1) is 0 Å². The van der Waals surface area contributed by atoms with Crippen molar-refractivity contribution in [2.45, 2.75) is 12.5 Å². The minimum atomic E-state index is -1.22. The van der Waals surface area contributed by atoms with Crippen LogP contribution in [-0.4, -0.2) is 26.7 Å². The van der Waals surface area contributed by atoms with Gasteiger partial charge in [0.1, 0.15) is 6.04 Å². The molecular weight excluding hydrogens is 274 g/mol. The van der Waals surface area contributed by atoms with E-state index in [9.17, 15) is 19.5 Å². The molecule has 2 aromatic rings. The molecule has 0 saturated carbocycles. The number of pyridine rings is 1. The first-order chi connectivity index (χ1) is 9.99. The normalized spacial score (nSPS) is 11.8. The first kappa shape index (κ1) is 14.5. The third-order valence-electron chi connectivity index (χ3n) is 3.08. The van der Waals surface area contributed by atoms with E-state index in [2.05, 4.69) is 0 Å². The molecular formula is C15H13NO5. The summed E-state index contributed by atoms with van der Waals surface area (Å²) in [6, 6.07) is 9.90. The number of carboxylic acids is 2. The zero-order chi connectivity index (χ0) is 15.4. The van der Waals surface area contributed by atoms with E-state index >= 15 is 0 Å². The number of aliphatic carboxylic acids is 1. The quantitative estimate of drug-likeness (QED) is 0.866. The maximum absolute atomic E-state index is 11.8. The molecule has 2 N–H and O–H groups in total. The number of hydrogen-bond acceptors (Lipinski definition) is 3. The summed E-state index contributed by atoms with van der Waals surface area (Å²) in [5, 5.41) is 18.3. The highest BCUT2D eigenvalue weighted by atomic mass is 16.4. The van der Waals surface area contributed by atoms with Gasteiger partial charge in [0.2, 0.25) is 0 Å². The van der Waals surface area contributed by atoms with Crippen molar-refractivity contribution < 1.29 is 19.8 Å². The van der Waals surface area contributed by atoms with Crippen LogP contribution in [0.1, 0.15) is 22.0 Å². The molecule has 108 valence electrons. The summed E-state index contributed by atoms with van der Waals surface area (Å²) in [4.78, 5) is 34.2. The van der Waals surface area contributed by atoms with Crippen LogP contribution in [0.4, 0.5) is 0 Å². The summed E-state index contributed by atoms with van der Waals surface area (Å²) in [6.07, 6.45) is 1.16. The van der Waals surface area contributed by atoms with Crippen molar-refractivity contribution in [1.82, 2.24) is 4.57 Å².